The molecule has 0 atom stereocenters. The van der Waals surface area contributed by atoms with Gasteiger partial charge in [-0.1, -0.05) is 18.5 Å². The first-order valence-corrected chi connectivity index (χ1v) is 12.5. The summed E-state index contributed by atoms with van der Waals surface area (Å²) in [6.45, 7) is 5.52. The molecule has 0 spiro atoms. The van der Waals surface area contributed by atoms with Gasteiger partial charge in [-0.2, -0.15) is 13.2 Å². The van der Waals surface area contributed by atoms with Crippen molar-refractivity contribution in [3.63, 3.8) is 0 Å². The molecule has 0 radical (unpaired) electrons. The van der Waals surface area contributed by atoms with Crippen LogP contribution in [0.5, 0.6) is 0 Å². The van der Waals surface area contributed by atoms with Gasteiger partial charge in [0.1, 0.15) is 5.82 Å². The molecule has 1 amide bonds. The summed E-state index contributed by atoms with van der Waals surface area (Å²) >= 11 is 5.83. The third kappa shape index (κ3) is 8.53. The number of halogens is 4. The van der Waals surface area contributed by atoms with E-state index in [0.29, 0.717) is 22.9 Å². The van der Waals surface area contributed by atoms with Crippen LogP contribution in [0.2, 0.25) is 5.02 Å². The van der Waals surface area contributed by atoms with Gasteiger partial charge in [0, 0.05) is 37.7 Å². The highest BCUT2D eigenvalue weighted by Crippen LogP contribution is 2.24. The van der Waals surface area contributed by atoms with Crippen LogP contribution in [0.25, 0.3) is 0 Å². The number of sulfonamides is 1. The van der Waals surface area contributed by atoms with Crippen LogP contribution in [-0.2, 0) is 14.8 Å². The first kappa shape index (κ1) is 29.1. The molecule has 10 nitrogen and oxygen atoms in total. The predicted molar refractivity (Wildman–Crippen MR) is 128 cm³/mol. The Bertz CT molecular complexity index is 1160. The predicted octanol–water partition coefficient (Wildman–Crippen LogP) is 2.72. The van der Waals surface area contributed by atoms with Crippen molar-refractivity contribution in [2.45, 2.75) is 24.4 Å². The van der Waals surface area contributed by atoms with E-state index < -0.39 is 22.2 Å². The number of nitrogens with one attached hydrogen (secondary N) is 3. The van der Waals surface area contributed by atoms with E-state index in [0.717, 1.165) is 32.6 Å². The van der Waals surface area contributed by atoms with Crippen LogP contribution in [0.4, 0.5) is 24.7 Å². The molecule has 1 fully saturated rings. The molecule has 1 aliphatic heterocycles. The van der Waals surface area contributed by atoms with E-state index in [1.807, 2.05) is 11.8 Å². The SMILES string of the molecule is CCCNC(=O)c1cc(NS(=O)(=O)c2ccc(Cl)cc2)cnc1N1CCNCC1.O=C(O)C(F)(F)F. The number of aromatic nitrogens is 1. The number of benzene rings is 1. The van der Waals surface area contributed by atoms with E-state index in [4.69, 9.17) is 21.5 Å². The topological polar surface area (TPSA) is 141 Å². The maximum absolute atomic E-state index is 12.7. The second-order valence-corrected chi connectivity index (χ2v) is 9.57. The van der Waals surface area contributed by atoms with Crippen molar-refractivity contribution in [3.8, 4) is 0 Å². The second-order valence-electron chi connectivity index (χ2n) is 7.45. The van der Waals surface area contributed by atoms with Gasteiger partial charge >= 0.3 is 12.1 Å². The van der Waals surface area contributed by atoms with Crippen LogP contribution < -0.4 is 20.3 Å². The zero-order valence-electron chi connectivity index (χ0n) is 19.1. The number of carboxylic acids is 1. The molecule has 1 aromatic carbocycles. The van der Waals surface area contributed by atoms with E-state index in [-0.39, 0.29) is 16.5 Å². The average molecular weight is 552 g/mol. The summed E-state index contributed by atoms with van der Waals surface area (Å²) in [6.07, 6.45) is -2.85. The number of hydrogen-bond donors (Lipinski definition) is 4. The maximum atomic E-state index is 12.7. The molecule has 36 heavy (non-hydrogen) atoms. The van der Waals surface area contributed by atoms with Crippen molar-refractivity contribution in [2.75, 3.05) is 42.3 Å². The largest absolute Gasteiger partial charge is 0.490 e. The number of carbonyl (C=O) groups excluding carboxylic acids is 1. The molecule has 2 heterocycles. The fourth-order valence-corrected chi connectivity index (χ4v) is 4.13. The minimum absolute atomic E-state index is 0.0741. The summed E-state index contributed by atoms with van der Waals surface area (Å²) in [6, 6.07) is 7.38. The van der Waals surface area contributed by atoms with Gasteiger partial charge in [0.15, 0.2) is 0 Å². The highest BCUT2D eigenvalue weighted by molar-refractivity contribution is 7.92. The van der Waals surface area contributed by atoms with Crippen molar-refractivity contribution in [2.24, 2.45) is 0 Å². The van der Waals surface area contributed by atoms with Gasteiger partial charge in [-0.05, 0) is 36.8 Å². The number of amides is 1. The highest BCUT2D eigenvalue weighted by atomic mass is 35.5. The number of pyridine rings is 1. The second kappa shape index (κ2) is 12.7. The summed E-state index contributed by atoms with van der Waals surface area (Å²) < 4.78 is 59.5. The molecule has 2 aromatic rings. The number of carbonyl (C=O) groups is 2. The summed E-state index contributed by atoms with van der Waals surface area (Å²) in [5.41, 5.74) is 0.567. The number of alkyl halides is 3. The highest BCUT2D eigenvalue weighted by Gasteiger charge is 2.38. The normalized spacial score (nSPS) is 13.9. The van der Waals surface area contributed by atoms with Gasteiger partial charge in [-0.15, -0.1) is 0 Å². The monoisotopic (exact) mass is 551 g/mol. The Balaban J connectivity index is 0.000000572. The average Bonchev–Trinajstić information content (AvgIpc) is 2.83. The van der Waals surface area contributed by atoms with Crippen molar-refractivity contribution in [3.05, 3.63) is 47.1 Å². The van der Waals surface area contributed by atoms with Crippen LogP contribution in [0.15, 0.2) is 41.4 Å². The lowest BCUT2D eigenvalue weighted by molar-refractivity contribution is -0.192. The van der Waals surface area contributed by atoms with Crippen molar-refractivity contribution < 1.29 is 36.3 Å². The van der Waals surface area contributed by atoms with Crippen LogP contribution in [0.1, 0.15) is 23.7 Å². The number of hydrogen-bond acceptors (Lipinski definition) is 7. The maximum Gasteiger partial charge on any atom is 0.490 e. The Morgan fingerprint density at radius 3 is 2.31 bits per heavy atom. The van der Waals surface area contributed by atoms with Crippen molar-refractivity contribution in [1.82, 2.24) is 15.6 Å². The number of anilines is 2. The van der Waals surface area contributed by atoms with Gasteiger partial charge in [-0.3, -0.25) is 9.52 Å². The van der Waals surface area contributed by atoms with E-state index in [1.54, 1.807) is 0 Å². The lowest BCUT2D eigenvalue weighted by Crippen LogP contribution is -2.44. The lowest BCUT2D eigenvalue weighted by Gasteiger charge is -2.30. The fraction of sp³-hybridized carbons (Fsp3) is 0.381. The molecule has 198 valence electrons. The quantitative estimate of drug-likeness (QED) is 0.412. The van der Waals surface area contributed by atoms with Crippen LogP contribution in [-0.4, -0.2) is 69.3 Å². The fourth-order valence-electron chi connectivity index (χ4n) is 2.97. The van der Waals surface area contributed by atoms with Crippen LogP contribution in [0.3, 0.4) is 0 Å². The number of carboxylic acid groups (broad SMARTS) is 1. The molecular weight excluding hydrogens is 527 g/mol. The Morgan fingerprint density at radius 1 is 1.19 bits per heavy atom. The molecule has 0 bridgehead atoms. The molecule has 0 saturated carbocycles. The zero-order valence-corrected chi connectivity index (χ0v) is 20.7. The van der Waals surface area contributed by atoms with Gasteiger partial charge in [0.2, 0.25) is 0 Å². The van der Waals surface area contributed by atoms with Gasteiger partial charge in [-0.25, -0.2) is 18.2 Å². The smallest absolute Gasteiger partial charge is 0.475 e. The lowest BCUT2D eigenvalue weighted by atomic mass is 10.2. The molecule has 1 aliphatic rings. The van der Waals surface area contributed by atoms with E-state index in [9.17, 15) is 26.4 Å². The zero-order chi connectivity index (χ0) is 26.9. The summed E-state index contributed by atoms with van der Waals surface area (Å²) in [5, 5.41) is 13.7. The first-order valence-electron chi connectivity index (χ1n) is 10.7. The standard InChI is InChI=1S/C19H24ClN5O3S.C2HF3O2/c1-2-7-22-19(26)17-12-15(13-23-18(17)25-10-8-21-9-11-25)24-29(27,28)16-5-3-14(20)4-6-16;3-2(4,5)1(6)7/h3-6,12-13,21,24H,2,7-11H2,1H3,(H,22,26);(H,6,7). The Morgan fingerprint density at radius 2 is 1.78 bits per heavy atom. The van der Waals surface area contributed by atoms with Crippen LogP contribution in [0, 0.1) is 0 Å². The third-order valence-corrected chi connectivity index (χ3v) is 6.33. The summed E-state index contributed by atoms with van der Waals surface area (Å²) in [5.74, 6) is -2.48. The summed E-state index contributed by atoms with van der Waals surface area (Å²) in [7, 11) is -3.83. The number of piperazine rings is 1. The van der Waals surface area contributed by atoms with Gasteiger partial charge < -0.3 is 20.6 Å². The molecule has 3 rings (SSSR count). The van der Waals surface area contributed by atoms with E-state index >= 15 is 0 Å². The van der Waals surface area contributed by atoms with Crippen molar-refractivity contribution >= 4 is 45.0 Å². The van der Waals surface area contributed by atoms with Gasteiger partial charge in [0.05, 0.1) is 22.3 Å². The van der Waals surface area contributed by atoms with Crippen LogP contribution >= 0.6 is 11.6 Å². The Hall–Kier alpha value is -3.10. The number of aliphatic carboxylic acids is 1. The summed E-state index contributed by atoms with van der Waals surface area (Å²) in [4.78, 5) is 28.1. The molecule has 1 aromatic heterocycles. The van der Waals surface area contributed by atoms with E-state index in [2.05, 4.69) is 20.3 Å². The van der Waals surface area contributed by atoms with Gasteiger partial charge in [0.25, 0.3) is 15.9 Å². The molecule has 15 heteroatoms. The number of rotatable bonds is 7. The number of nitrogens with zero attached hydrogens (tertiary/aromatic N) is 2. The third-order valence-electron chi connectivity index (χ3n) is 4.68. The minimum atomic E-state index is -5.08. The molecule has 0 aliphatic carbocycles. The first-order chi connectivity index (χ1) is 16.8. The van der Waals surface area contributed by atoms with Crippen molar-refractivity contribution in [1.29, 1.82) is 0 Å². The molecular formula is C21H25ClF3N5O5S. The van der Waals surface area contributed by atoms with E-state index in [1.165, 1.54) is 36.5 Å². The Kier molecular flexibility index (Phi) is 10.3. The minimum Gasteiger partial charge on any atom is -0.475 e. The molecule has 1 saturated heterocycles. The molecule has 4 N–H and O–H groups in total. The molecule has 0 unspecified atom stereocenters. The Labute approximate surface area is 210 Å².